The highest BCUT2D eigenvalue weighted by molar-refractivity contribution is 7.10. The molecular weight excluding hydrogens is 274 g/mol. The van der Waals surface area contributed by atoms with Crippen molar-refractivity contribution < 1.29 is 14.6 Å². The Balaban J connectivity index is 2.39. The van der Waals surface area contributed by atoms with Gasteiger partial charge in [-0.3, -0.25) is 4.79 Å². The van der Waals surface area contributed by atoms with Gasteiger partial charge in [0.05, 0.1) is 6.54 Å². The number of nitrogens with zero attached hydrogens (tertiary/aromatic N) is 1. The van der Waals surface area contributed by atoms with E-state index < -0.39 is 0 Å². The molecule has 1 N–H and O–H groups in total. The van der Waals surface area contributed by atoms with Crippen LogP contribution in [0, 0.1) is 11.8 Å². The van der Waals surface area contributed by atoms with E-state index in [2.05, 4.69) is 11.8 Å². The van der Waals surface area contributed by atoms with Gasteiger partial charge in [0.2, 0.25) is 5.91 Å². The van der Waals surface area contributed by atoms with Crippen LogP contribution in [0.5, 0.6) is 0 Å². The van der Waals surface area contributed by atoms with Crippen LogP contribution in [0.25, 0.3) is 0 Å². The highest BCUT2D eigenvalue weighted by Gasteiger charge is 2.10. The average Bonchev–Trinajstić information content (AvgIpc) is 2.88. The third-order valence-corrected chi connectivity index (χ3v) is 3.59. The fourth-order valence-electron chi connectivity index (χ4n) is 1.65. The van der Waals surface area contributed by atoms with Gasteiger partial charge in [0.25, 0.3) is 0 Å². The number of rotatable bonds is 7. The van der Waals surface area contributed by atoms with Gasteiger partial charge in [0.1, 0.15) is 6.61 Å². The van der Waals surface area contributed by atoms with Gasteiger partial charge < -0.3 is 14.7 Å². The van der Waals surface area contributed by atoms with Crippen molar-refractivity contribution in [3.8, 4) is 11.8 Å². The number of amides is 1. The van der Waals surface area contributed by atoms with E-state index >= 15 is 0 Å². The zero-order valence-corrected chi connectivity index (χ0v) is 12.8. The van der Waals surface area contributed by atoms with Gasteiger partial charge in [-0.2, -0.15) is 0 Å². The molecule has 0 aromatic carbocycles. The number of aliphatic hydroxyl groups is 1. The molecule has 0 saturated heterocycles. The largest absolute Gasteiger partial charge is 0.384 e. The average molecular weight is 295 g/mol. The first-order valence-corrected chi connectivity index (χ1v) is 7.54. The SMILES string of the molecule is CCOCCCC(=O)N(C)Cc1cc(C#CCO)cs1. The molecule has 1 heterocycles. The Bertz CT molecular complexity index is 473. The highest BCUT2D eigenvalue weighted by atomic mass is 32.1. The van der Waals surface area contributed by atoms with E-state index in [1.807, 2.05) is 25.4 Å². The van der Waals surface area contributed by atoms with Gasteiger partial charge in [-0.1, -0.05) is 11.8 Å². The van der Waals surface area contributed by atoms with Crippen molar-refractivity contribution >= 4 is 17.2 Å². The molecule has 0 fully saturated rings. The lowest BCUT2D eigenvalue weighted by molar-refractivity contribution is -0.130. The standard InChI is InChI=1S/C15H21NO3S/c1-3-19-9-5-7-15(18)16(2)11-14-10-13(12-20-14)6-4-8-17/h10,12,17H,3,5,7-9,11H2,1-2H3. The first kappa shape index (κ1) is 16.7. The van der Waals surface area contributed by atoms with E-state index in [0.29, 0.717) is 26.2 Å². The summed E-state index contributed by atoms with van der Waals surface area (Å²) in [4.78, 5) is 14.7. The second-order valence-corrected chi connectivity index (χ2v) is 5.31. The molecule has 1 aromatic heterocycles. The molecule has 0 saturated carbocycles. The normalized spacial score (nSPS) is 9.95. The lowest BCUT2D eigenvalue weighted by atomic mass is 10.2. The minimum absolute atomic E-state index is 0.126. The van der Waals surface area contributed by atoms with Crippen LogP contribution in [-0.2, 0) is 16.1 Å². The van der Waals surface area contributed by atoms with E-state index in [1.165, 1.54) is 0 Å². The summed E-state index contributed by atoms with van der Waals surface area (Å²) >= 11 is 1.57. The number of ether oxygens (including phenoxy) is 1. The second-order valence-electron chi connectivity index (χ2n) is 4.31. The maximum atomic E-state index is 11.9. The molecule has 0 atom stereocenters. The summed E-state index contributed by atoms with van der Waals surface area (Å²) in [6, 6.07) is 1.96. The first-order valence-electron chi connectivity index (χ1n) is 6.66. The number of carbonyl (C=O) groups is 1. The molecule has 0 spiro atoms. The third kappa shape index (κ3) is 6.20. The molecule has 4 nitrogen and oxygen atoms in total. The Morgan fingerprint density at radius 1 is 1.55 bits per heavy atom. The van der Waals surface area contributed by atoms with Crippen molar-refractivity contribution in [2.24, 2.45) is 0 Å². The van der Waals surface area contributed by atoms with Gasteiger partial charge in [-0.05, 0) is 19.4 Å². The van der Waals surface area contributed by atoms with Gasteiger partial charge >= 0.3 is 0 Å². The van der Waals surface area contributed by atoms with Crippen LogP contribution in [0.3, 0.4) is 0 Å². The molecule has 0 unspecified atom stereocenters. The number of thiophene rings is 1. The van der Waals surface area contributed by atoms with Crippen LogP contribution in [-0.4, -0.2) is 42.8 Å². The predicted octanol–water partition coefficient (Wildman–Crippen LogP) is 1.87. The molecule has 0 aliphatic carbocycles. The summed E-state index contributed by atoms with van der Waals surface area (Å²) in [6.45, 7) is 3.73. The molecule has 0 aliphatic heterocycles. The van der Waals surface area contributed by atoms with Gasteiger partial charge in [-0.15, -0.1) is 11.3 Å². The zero-order chi connectivity index (χ0) is 14.8. The van der Waals surface area contributed by atoms with Crippen LogP contribution in [0.15, 0.2) is 11.4 Å². The van der Waals surface area contributed by atoms with Crippen LogP contribution in [0.1, 0.15) is 30.2 Å². The molecule has 1 amide bonds. The van der Waals surface area contributed by atoms with Gasteiger partial charge in [-0.25, -0.2) is 0 Å². The van der Waals surface area contributed by atoms with Crippen molar-refractivity contribution in [3.63, 3.8) is 0 Å². The summed E-state index contributed by atoms with van der Waals surface area (Å²) in [6.07, 6.45) is 1.27. The summed E-state index contributed by atoms with van der Waals surface area (Å²) < 4.78 is 5.22. The summed E-state index contributed by atoms with van der Waals surface area (Å²) in [5.41, 5.74) is 0.885. The highest BCUT2D eigenvalue weighted by Crippen LogP contribution is 2.16. The maximum Gasteiger partial charge on any atom is 0.222 e. The van der Waals surface area contributed by atoms with E-state index in [-0.39, 0.29) is 12.5 Å². The van der Waals surface area contributed by atoms with Crippen LogP contribution in [0.4, 0.5) is 0 Å². The molecule has 5 heteroatoms. The fourth-order valence-corrected chi connectivity index (χ4v) is 2.52. The van der Waals surface area contributed by atoms with E-state index in [9.17, 15) is 4.79 Å². The minimum Gasteiger partial charge on any atom is -0.384 e. The quantitative estimate of drug-likeness (QED) is 0.617. The molecule has 110 valence electrons. The molecule has 0 aliphatic rings. The fraction of sp³-hybridized carbons (Fsp3) is 0.533. The monoisotopic (exact) mass is 295 g/mol. The Kier molecular flexibility index (Phi) is 7.97. The Morgan fingerprint density at radius 3 is 3.05 bits per heavy atom. The number of hydrogen-bond donors (Lipinski definition) is 1. The first-order chi connectivity index (χ1) is 9.67. The minimum atomic E-state index is -0.136. The van der Waals surface area contributed by atoms with Gasteiger partial charge in [0.15, 0.2) is 0 Å². The lowest BCUT2D eigenvalue weighted by Gasteiger charge is -2.16. The molecule has 1 rings (SSSR count). The van der Waals surface area contributed by atoms with Crippen LogP contribution >= 0.6 is 11.3 Å². The number of hydrogen-bond acceptors (Lipinski definition) is 4. The van der Waals surface area contributed by atoms with Crippen LogP contribution in [0.2, 0.25) is 0 Å². The lowest BCUT2D eigenvalue weighted by Crippen LogP contribution is -2.25. The zero-order valence-electron chi connectivity index (χ0n) is 12.0. The summed E-state index contributed by atoms with van der Waals surface area (Å²) in [5, 5.41) is 10.6. The smallest absolute Gasteiger partial charge is 0.222 e. The topological polar surface area (TPSA) is 49.8 Å². The number of aliphatic hydroxyl groups excluding tert-OH is 1. The van der Waals surface area contributed by atoms with Crippen molar-refractivity contribution in [3.05, 3.63) is 21.9 Å². The van der Waals surface area contributed by atoms with Crippen molar-refractivity contribution in [2.45, 2.75) is 26.3 Å². The van der Waals surface area contributed by atoms with E-state index in [0.717, 1.165) is 16.9 Å². The molecule has 0 bridgehead atoms. The molecular formula is C15H21NO3S. The molecule has 0 radical (unpaired) electrons. The van der Waals surface area contributed by atoms with Crippen molar-refractivity contribution in [2.75, 3.05) is 26.9 Å². The molecule has 20 heavy (non-hydrogen) atoms. The number of carbonyl (C=O) groups excluding carboxylic acids is 1. The van der Waals surface area contributed by atoms with E-state index in [4.69, 9.17) is 9.84 Å². The van der Waals surface area contributed by atoms with Crippen molar-refractivity contribution in [1.29, 1.82) is 0 Å². The van der Waals surface area contributed by atoms with E-state index in [1.54, 1.807) is 16.2 Å². The molecule has 1 aromatic rings. The van der Waals surface area contributed by atoms with Crippen LogP contribution < -0.4 is 0 Å². The predicted molar refractivity (Wildman–Crippen MR) is 80.5 cm³/mol. The Hall–Kier alpha value is -1.35. The Morgan fingerprint density at radius 2 is 2.35 bits per heavy atom. The summed E-state index contributed by atoms with van der Waals surface area (Å²) in [7, 11) is 1.81. The maximum absolute atomic E-state index is 11.9. The Labute approximate surface area is 124 Å². The van der Waals surface area contributed by atoms with Crippen molar-refractivity contribution in [1.82, 2.24) is 4.90 Å². The summed E-state index contributed by atoms with van der Waals surface area (Å²) in [5.74, 6) is 5.59. The van der Waals surface area contributed by atoms with Gasteiger partial charge in [0, 0.05) is 42.5 Å². The third-order valence-electron chi connectivity index (χ3n) is 2.67. The second kappa shape index (κ2) is 9.54.